The minimum absolute atomic E-state index is 0.113. The summed E-state index contributed by atoms with van der Waals surface area (Å²) in [6.07, 6.45) is 0. The number of amides is 1. The molecule has 156 valence electrons. The Kier molecular flexibility index (Phi) is 6.25. The fraction of sp³-hybridized carbons (Fsp3) is 0.0435. The van der Waals surface area contributed by atoms with Gasteiger partial charge in [0.1, 0.15) is 34.7 Å². The molecular weight excluding hydrogens is 442 g/mol. The van der Waals surface area contributed by atoms with Crippen molar-refractivity contribution >= 4 is 34.5 Å². The number of aromatic nitrogens is 1. The van der Waals surface area contributed by atoms with Gasteiger partial charge in [0, 0.05) is 27.2 Å². The zero-order chi connectivity index (χ0) is 21.8. The molecule has 0 saturated heterocycles. The Bertz CT molecular complexity index is 1250. The van der Waals surface area contributed by atoms with E-state index in [2.05, 4.69) is 10.3 Å². The number of thiazole rings is 1. The monoisotopic (exact) mass is 456 g/mol. The van der Waals surface area contributed by atoms with E-state index in [1.54, 1.807) is 47.8 Å². The number of carbonyl (C=O) groups is 1. The number of ether oxygens (including phenoxy) is 1. The summed E-state index contributed by atoms with van der Waals surface area (Å²) < 4.78 is 32.7. The van der Waals surface area contributed by atoms with Gasteiger partial charge in [-0.05, 0) is 48.5 Å². The molecule has 8 heteroatoms. The van der Waals surface area contributed by atoms with Crippen LogP contribution >= 0.6 is 22.9 Å². The van der Waals surface area contributed by atoms with Crippen LogP contribution in [0.3, 0.4) is 0 Å². The molecule has 0 fully saturated rings. The van der Waals surface area contributed by atoms with Gasteiger partial charge in [-0.2, -0.15) is 0 Å². The predicted molar refractivity (Wildman–Crippen MR) is 118 cm³/mol. The van der Waals surface area contributed by atoms with E-state index in [1.807, 2.05) is 6.07 Å². The van der Waals surface area contributed by atoms with Crippen LogP contribution in [0, 0.1) is 11.6 Å². The van der Waals surface area contributed by atoms with Crippen molar-refractivity contribution in [2.75, 3.05) is 5.32 Å². The molecule has 0 bridgehead atoms. The van der Waals surface area contributed by atoms with Crippen LogP contribution in [-0.2, 0) is 6.61 Å². The maximum absolute atomic E-state index is 13.8. The van der Waals surface area contributed by atoms with Crippen LogP contribution in [0.1, 0.15) is 16.1 Å². The van der Waals surface area contributed by atoms with E-state index < -0.39 is 11.6 Å². The summed E-state index contributed by atoms with van der Waals surface area (Å²) in [7, 11) is 0. The molecule has 0 aliphatic rings. The van der Waals surface area contributed by atoms with Crippen molar-refractivity contribution in [3.63, 3.8) is 0 Å². The Morgan fingerprint density at radius 3 is 2.74 bits per heavy atom. The van der Waals surface area contributed by atoms with Gasteiger partial charge in [-0.1, -0.05) is 29.8 Å². The largest absolute Gasteiger partial charge is 0.489 e. The summed E-state index contributed by atoms with van der Waals surface area (Å²) in [5, 5.41) is 5.55. The molecule has 0 aliphatic heterocycles. The first-order valence-corrected chi connectivity index (χ1v) is 10.4. The number of carbonyl (C=O) groups excluding carboxylic acids is 1. The summed E-state index contributed by atoms with van der Waals surface area (Å²) in [5.41, 5.74) is 1.71. The zero-order valence-corrected chi connectivity index (χ0v) is 17.5. The Labute approximate surface area is 186 Å². The molecule has 0 saturated carbocycles. The van der Waals surface area contributed by atoms with Crippen molar-refractivity contribution < 1.29 is 18.3 Å². The van der Waals surface area contributed by atoms with Crippen molar-refractivity contribution in [1.29, 1.82) is 0 Å². The van der Waals surface area contributed by atoms with Gasteiger partial charge in [0.15, 0.2) is 0 Å². The molecule has 0 atom stereocenters. The fourth-order valence-corrected chi connectivity index (χ4v) is 3.79. The SMILES string of the molecule is O=C(Nc1cccc(Cl)c1)c1csc(-c2cccc(OCc3cc(F)ccc3F)c2)n1. The summed E-state index contributed by atoms with van der Waals surface area (Å²) >= 11 is 7.25. The third-order valence-corrected chi connectivity index (χ3v) is 5.43. The van der Waals surface area contributed by atoms with Gasteiger partial charge in [-0.3, -0.25) is 4.79 Å². The Balaban J connectivity index is 1.46. The Hall–Kier alpha value is -3.29. The Morgan fingerprint density at radius 1 is 1.06 bits per heavy atom. The standard InChI is InChI=1S/C23H15ClF2N2O2S/c24-16-4-2-5-18(11-16)27-22(29)21-13-31-23(28-21)14-3-1-6-19(10-14)30-12-15-9-17(25)7-8-20(15)26/h1-11,13H,12H2,(H,27,29). The minimum Gasteiger partial charge on any atom is -0.489 e. The first-order chi connectivity index (χ1) is 15.0. The van der Waals surface area contributed by atoms with Crippen LogP contribution in [0.25, 0.3) is 10.6 Å². The van der Waals surface area contributed by atoms with Crippen LogP contribution in [0.2, 0.25) is 5.02 Å². The molecule has 4 rings (SSSR count). The lowest BCUT2D eigenvalue weighted by atomic mass is 10.2. The van der Waals surface area contributed by atoms with Gasteiger partial charge in [0.25, 0.3) is 5.91 Å². The average Bonchev–Trinajstić information content (AvgIpc) is 3.25. The van der Waals surface area contributed by atoms with Gasteiger partial charge in [0.05, 0.1) is 0 Å². The number of nitrogens with zero attached hydrogens (tertiary/aromatic N) is 1. The quantitative estimate of drug-likeness (QED) is 0.357. The highest BCUT2D eigenvalue weighted by Crippen LogP contribution is 2.28. The molecule has 31 heavy (non-hydrogen) atoms. The third kappa shape index (κ3) is 5.25. The highest BCUT2D eigenvalue weighted by atomic mass is 35.5. The average molecular weight is 457 g/mol. The minimum atomic E-state index is -0.534. The van der Waals surface area contributed by atoms with E-state index >= 15 is 0 Å². The highest BCUT2D eigenvalue weighted by Gasteiger charge is 2.13. The van der Waals surface area contributed by atoms with Crippen molar-refractivity contribution in [2.45, 2.75) is 6.61 Å². The fourth-order valence-electron chi connectivity index (χ4n) is 2.81. The normalized spacial score (nSPS) is 10.7. The maximum Gasteiger partial charge on any atom is 0.275 e. The summed E-state index contributed by atoms with van der Waals surface area (Å²) in [5.74, 6) is -0.937. The second-order valence-electron chi connectivity index (χ2n) is 6.55. The van der Waals surface area contributed by atoms with Crippen LogP contribution in [0.15, 0.2) is 72.1 Å². The van der Waals surface area contributed by atoms with Crippen molar-refractivity contribution in [3.05, 3.63) is 100 Å². The molecule has 4 nitrogen and oxygen atoms in total. The molecule has 1 amide bonds. The van der Waals surface area contributed by atoms with E-state index in [0.29, 0.717) is 21.5 Å². The van der Waals surface area contributed by atoms with Crippen LogP contribution in [-0.4, -0.2) is 10.9 Å². The van der Waals surface area contributed by atoms with Gasteiger partial charge in [0.2, 0.25) is 0 Å². The molecule has 1 heterocycles. The topological polar surface area (TPSA) is 51.2 Å². The number of anilines is 1. The molecule has 0 aliphatic carbocycles. The number of rotatable bonds is 6. The second-order valence-corrected chi connectivity index (χ2v) is 7.85. The number of halogens is 3. The number of benzene rings is 3. The van der Waals surface area contributed by atoms with Gasteiger partial charge < -0.3 is 10.1 Å². The summed E-state index contributed by atoms with van der Waals surface area (Å²) in [6.45, 7) is -0.113. The van der Waals surface area contributed by atoms with Crippen molar-refractivity contribution in [2.24, 2.45) is 0 Å². The molecule has 1 aromatic heterocycles. The lowest BCUT2D eigenvalue weighted by Crippen LogP contribution is -2.12. The molecular formula is C23H15ClF2N2O2S. The van der Waals surface area contributed by atoms with E-state index in [-0.39, 0.29) is 23.8 Å². The zero-order valence-electron chi connectivity index (χ0n) is 15.9. The second kappa shape index (κ2) is 9.24. The molecule has 0 unspecified atom stereocenters. The van der Waals surface area contributed by atoms with E-state index in [1.165, 1.54) is 11.3 Å². The van der Waals surface area contributed by atoms with Gasteiger partial charge >= 0.3 is 0 Å². The smallest absolute Gasteiger partial charge is 0.275 e. The molecule has 0 spiro atoms. The maximum atomic E-state index is 13.8. The first kappa shape index (κ1) is 21.0. The van der Waals surface area contributed by atoms with Gasteiger partial charge in [-0.15, -0.1) is 11.3 Å². The Morgan fingerprint density at radius 2 is 1.90 bits per heavy atom. The van der Waals surface area contributed by atoms with Crippen LogP contribution in [0.4, 0.5) is 14.5 Å². The molecule has 1 N–H and O–H groups in total. The van der Waals surface area contributed by atoms with E-state index in [9.17, 15) is 13.6 Å². The number of nitrogens with one attached hydrogen (secondary N) is 1. The third-order valence-electron chi connectivity index (χ3n) is 4.30. The summed E-state index contributed by atoms with van der Waals surface area (Å²) in [4.78, 5) is 16.8. The van der Waals surface area contributed by atoms with E-state index in [4.69, 9.17) is 16.3 Å². The lowest BCUT2D eigenvalue weighted by molar-refractivity contribution is 0.102. The molecule has 0 radical (unpaired) electrons. The highest BCUT2D eigenvalue weighted by molar-refractivity contribution is 7.13. The van der Waals surface area contributed by atoms with Crippen LogP contribution < -0.4 is 10.1 Å². The molecule has 3 aromatic carbocycles. The predicted octanol–water partition coefficient (Wildman–Crippen LogP) is 6.57. The lowest BCUT2D eigenvalue weighted by Gasteiger charge is -2.08. The van der Waals surface area contributed by atoms with E-state index in [0.717, 1.165) is 23.8 Å². The number of hydrogen-bond donors (Lipinski definition) is 1. The first-order valence-electron chi connectivity index (χ1n) is 9.17. The number of hydrogen-bond acceptors (Lipinski definition) is 4. The van der Waals surface area contributed by atoms with Crippen molar-refractivity contribution in [1.82, 2.24) is 4.98 Å². The van der Waals surface area contributed by atoms with Gasteiger partial charge in [-0.25, -0.2) is 13.8 Å². The van der Waals surface area contributed by atoms with Crippen molar-refractivity contribution in [3.8, 4) is 16.3 Å². The summed E-state index contributed by atoms with van der Waals surface area (Å²) in [6, 6.07) is 17.1. The molecule has 4 aromatic rings. The van der Waals surface area contributed by atoms with Crippen LogP contribution in [0.5, 0.6) is 5.75 Å².